The number of amides is 2. The lowest BCUT2D eigenvalue weighted by atomic mass is 10.0. The summed E-state index contributed by atoms with van der Waals surface area (Å²) in [6.07, 6.45) is 1.10. The van der Waals surface area contributed by atoms with Gasteiger partial charge in [0, 0.05) is 31.4 Å². The van der Waals surface area contributed by atoms with E-state index in [9.17, 15) is 9.59 Å². The molecular formula is C24H31N3O3. The minimum Gasteiger partial charge on any atom is -0.444 e. The maximum Gasteiger partial charge on any atom is 0.410 e. The topological polar surface area (TPSA) is 75.9 Å². The van der Waals surface area contributed by atoms with E-state index in [0.29, 0.717) is 43.7 Å². The molecule has 2 aromatic rings. The Morgan fingerprint density at radius 2 is 1.63 bits per heavy atom. The molecule has 30 heavy (non-hydrogen) atoms. The number of hydrogen-bond acceptors (Lipinski definition) is 4. The highest BCUT2D eigenvalue weighted by atomic mass is 16.6. The van der Waals surface area contributed by atoms with Crippen LogP contribution in [0.25, 0.3) is 0 Å². The molecule has 1 aliphatic rings. The van der Waals surface area contributed by atoms with E-state index in [1.165, 1.54) is 0 Å². The normalized spacial score (nSPS) is 15.0. The number of carbonyl (C=O) groups is 2. The number of nitrogens with zero attached hydrogens (tertiary/aromatic N) is 2. The monoisotopic (exact) mass is 409 g/mol. The second-order valence-corrected chi connectivity index (χ2v) is 8.70. The van der Waals surface area contributed by atoms with Crippen LogP contribution in [0.3, 0.4) is 0 Å². The first-order valence-electron chi connectivity index (χ1n) is 10.4. The summed E-state index contributed by atoms with van der Waals surface area (Å²) in [5, 5.41) is 0. The smallest absolute Gasteiger partial charge is 0.410 e. The van der Waals surface area contributed by atoms with Crippen LogP contribution in [0.5, 0.6) is 0 Å². The largest absolute Gasteiger partial charge is 0.444 e. The molecular weight excluding hydrogens is 378 g/mol. The van der Waals surface area contributed by atoms with Crippen LogP contribution in [0.1, 0.15) is 49.5 Å². The van der Waals surface area contributed by atoms with Gasteiger partial charge >= 0.3 is 6.09 Å². The number of likely N-dealkylation sites (tertiary alicyclic amines) is 1. The molecule has 1 fully saturated rings. The number of carbonyl (C=O) groups excluding carboxylic acids is 2. The van der Waals surface area contributed by atoms with Gasteiger partial charge in [0.15, 0.2) is 0 Å². The third-order valence-corrected chi connectivity index (χ3v) is 5.20. The number of hydrogen-bond donors (Lipinski definition) is 1. The predicted molar refractivity (Wildman–Crippen MR) is 118 cm³/mol. The van der Waals surface area contributed by atoms with Crippen molar-refractivity contribution in [3.8, 4) is 0 Å². The molecule has 0 radical (unpaired) electrons. The maximum atomic E-state index is 13.4. The number of ether oxygens (including phenoxy) is 1. The first-order valence-corrected chi connectivity index (χ1v) is 10.4. The molecule has 0 atom stereocenters. The molecule has 1 heterocycles. The average Bonchev–Trinajstić information content (AvgIpc) is 2.71. The molecule has 6 heteroatoms. The Morgan fingerprint density at radius 3 is 2.23 bits per heavy atom. The van der Waals surface area contributed by atoms with Gasteiger partial charge in [0.05, 0.1) is 5.56 Å². The van der Waals surface area contributed by atoms with Gasteiger partial charge in [-0.1, -0.05) is 42.5 Å². The van der Waals surface area contributed by atoms with Gasteiger partial charge in [-0.2, -0.15) is 0 Å². The minimum atomic E-state index is -0.520. The number of anilines is 1. The Hall–Kier alpha value is -3.02. The standard InChI is InChI=1S/C24H31N3O3/c1-24(2,3)30-23(29)26-15-13-19(14-16-26)27(17-18-9-5-4-6-10-18)22(28)20-11-7-8-12-21(20)25/h4-12,19H,13-17,25H2,1-3H3. The van der Waals surface area contributed by atoms with Gasteiger partial charge in [-0.25, -0.2) is 4.79 Å². The fraction of sp³-hybridized carbons (Fsp3) is 0.417. The van der Waals surface area contributed by atoms with Gasteiger partial charge in [0.2, 0.25) is 0 Å². The fourth-order valence-electron chi connectivity index (χ4n) is 3.68. The van der Waals surface area contributed by atoms with Crippen molar-refractivity contribution in [1.82, 2.24) is 9.80 Å². The van der Waals surface area contributed by atoms with E-state index in [1.54, 1.807) is 17.0 Å². The number of rotatable bonds is 4. The molecule has 0 saturated carbocycles. The van der Waals surface area contributed by atoms with E-state index in [1.807, 2.05) is 68.1 Å². The predicted octanol–water partition coefficient (Wildman–Crippen LogP) is 4.31. The number of benzene rings is 2. The molecule has 0 bridgehead atoms. The van der Waals surface area contributed by atoms with Crippen molar-refractivity contribution >= 4 is 17.7 Å². The molecule has 2 N–H and O–H groups in total. The van der Waals surface area contributed by atoms with Gasteiger partial charge in [0.1, 0.15) is 5.60 Å². The summed E-state index contributed by atoms with van der Waals surface area (Å²) >= 11 is 0. The van der Waals surface area contributed by atoms with Crippen LogP contribution < -0.4 is 5.73 Å². The zero-order valence-corrected chi connectivity index (χ0v) is 18.0. The Kier molecular flexibility index (Phi) is 6.65. The first kappa shape index (κ1) is 21.7. The average molecular weight is 410 g/mol. The molecule has 6 nitrogen and oxygen atoms in total. The van der Waals surface area contributed by atoms with Crippen LogP contribution in [0.4, 0.5) is 10.5 Å². The Morgan fingerprint density at radius 1 is 1.03 bits per heavy atom. The van der Waals surface area contributed by atoms with E-state index >= 15 is 0 Å². The molecule has 1 aliphatic heterocycles. The van der Waals surface area contributed by atoms with Crippen LogP contribution in [-0.4, -0.2) is 46.5 Å². The van der Waals surface area contributed by atoms with Gasteiger partial charge in [0.25, 0.3) is 5.91 Å². The van der Waals surface area contributed by atoms with Gasteiger partial charge in [-0.05, 0) is 51.3 Å². The van der Waals surface area contributed by atoms with Crippen LogP contribution in [0, 0.1) is 0 Å². The fourth-order valence-corrected chi connectivity index (χ4v) is 3.68. The second kappa shape index (κ2) is 9.20. The molecule has 160 valence electrons. The molecule has 2 aromatic carbocycles. The van der Waals surface area contributed by atoms with Crippen molar-refractivity contribution in [2.75, 3.05) is 18.8 Å². The van der Waals surface area contributed by atoms with E-state index < -0.39 is 5.60 Å². The summed E-state index contributed by atoms with van der Waals surface area (Å²) in [6, 6.07) is 17.1. The van der Waals surface area contributed by atoms with Crippen molar-refractivity contribution in [2.45, 2.75) is 51.8 Å². The van der Waals surface area contributed by atoms with E-state index in [4.69, 9.17) is 10.5 Å². The lowest BCUT2D eigenvalue weighted by Crippen LogP contribution is -2.49. The highest BCUT2D eigenvalue weighted by Gasteiger charge is 2.32. The lowest BCUT2D eigenvalue weighted by molar-refractivity contribution is 0.0142. The van der Waals surface area contributed by atoms with Crippen LogP contribution in [0.2, 0.25) is 0 Å². The third kappa shape index (κ3) is 5.53. The number of para-hydroxylation sites is 1. The van der Waals surface area contributed by atoms with Crippen molar-refractivity contribution in [2.24, 2.45) is 0 Å². The van der Waals surface area contributed by atoms with E-state index in [0.717, 1.165) is 5.56 Å². The molecule has 3 rings (SSSR count). The zero-order valence-electron chi connectivity index (χ0n) is 18.0. The highest BCUT2D eigenvalue weighted by Crippen LogP contribution is 2.24. The summed E-state index contributed by atoms with van der Waals surface area (Å²) in [4.78, 5) is 29.4. The molecule has 0 aromatic heterocycles. The van der Waals surface area contributed by atoms with Crippen LogP contribution in [0.15, 0.2) is 54.6 Å². The van der Waals surface area contributed by atoms with E-state index in [2.05, 4.69) is 0 Å². The second-order valence-electron chi connectivity index (χ2n) is 8.70. The van der Waals surface area contributed by atoms with Crippen molar-refractivity contribution in [3.63, 3.8) is 0 Å². The molecule has 0 spiro atoms. The summed E-state index contributed by atoms with van der Waals surface area (Å²) in [7, 11) is 0. The molecule has 2 amide bonds. The van der Waals surface area contributed by atoms with Crippen LogP contribution in [-0.2, 0) is 11.3 Å². The first-order chi connectivity index (χ1) is 14.2. The van der Waals surface area contributed by atoms with Crippen molar-refractivity contribution in [3.05, 3.63) is 65.7 Å². The molecule has 0 aliphatic carbocycles. The lowest BCUT2D eigenvalue weighted by Gasteiger charge is -2.39. The Labute approximate surface area is 178 Å². The Bertz CT molecular complexity index is 869. The van der Waals surface area contributed by atoms with Crippen molar-refractivity contribution < 1.29 is 14.3 Å². The Balaban J connectivity index is 1.75. The molecule has 1 saturated heterocycles. The third-order valence-electron chi connectivity index (χ3n) is 5.20. The van der Waals surface area contributed by atoms with Gasteiger partial charge in [-0.15, -0.1) is 0 Å². The summed E-state index contributed by atoms with van der Waals surface area (Å²) in [5.41, 5.74) is 7.63. The van der Waals surface area contributed by atoms with Crippen molar-refractivity contribution in [1.29, 1.82) is 0 Å². The number of nitrogen functional groups attached to an aromatic ring is 1. The number of nitrogens with two attached hydrogens (primary N) is 1. The zero-order chi connectivity index (χ0) is 21.7. The highest BCUT2D eigenvalue weighted by molar-refractivity contribution is 5.99. The van der Waals surface area contributed by atoms with Gasteiger partial charge in [-0.3, -0.25) is 4.79 Å². The quantitative estimate of drug-likeness (QED) is 0.764. The summed E-state index contributed by atoms with van der Waals surface area (Å²) in [6.45, 7) is 7.21. The maximum absolute atomic E-state index is 13.4. The summed E-state index contributed by atoms with van der Waals surface area (Å²) < 4.78 is 5.49. The minimum absolute atomic E-state index is 0.0241. The summed E-state index contributed by atoms with van der Waals surface area (Å²) in [5.74, 6) is -0.0762. The number of piperidine rings is 1. The SMILES string of the molecule is CC(C)(C)OC(=O)N1CCC(N(Cc2ccccc2)C(=O)c2ccccc2N)CC1. The van der Waals surface area contributed by atoms with E-state index in [-0.39, 0.29) is 18.0 Å². The van der Waals surface area contributed by atoms with Gasteiger partial charge < -0.3 is 20.3 Å². The van der Waals surface area contributed by atoms with Crippen LogP contribution >= 0.6 is 0 Å². The molecule has 0 unspecified atom stereocenters.